The van der Waals surface area contributed by atoms with Crippen molar-refractivity contribution in [3.8, 4) is 11.5 Å². The van der Waals surface area contributed by atoms with Crippen molar-refractivity contribution in [2.45, 2.75) is 13.8 Å². The summed E-state index contributed by atoms with van der Waals surface area (Å²) < 4.78 is 5.89. The number of aryl methyl sites for hydroxylation is 1. The van der Waals surface area contributed by atoms with Gasteiger partial charge in [-0.1, -0.05) is 12.1 Å². The Bertz CT molecular complexity index is 666. The van der Waals surface area contributed by atoms with Gasteiger partial charge in [-0.2, -0.15) is 0 Å². The van der Waals surface area contributed by atoms with Crippen molar-refractivity contribution in [1.82, 2.24) is 0 Å². The summed E-state index contributed by atoms with van der Waals surface area (Å²) in [5, 5.41) is 9.81. The first-order valence-corrected chi connectivity index (χ1v) is 7.27. The van der Waals surface area contributed by atoms with Crippen LogP contribution in [0.3, 0.4) is 0 Å². The molecule has 0 fully saturated rings. The Morgan fingerprint density at radius 3 is 2.70 bits per heavy atom. The Morgan fingerprint density at radius 1 is 1.25 bits per heavy atom. The molecule has 0 aromatic heterocycles. The van der Waals surface area contributed by atoms with Crippen LogP contribution in [0.25, 0.3) is 0 Å². The Labute approximate surface area is 132 Å². The van der Waals surface area contributed by atoms with Gasteiger partial charge < -0.3 is 9.84 Å². The zero-order valence-corrected chi connectivity index (χ0v) is 13.8. The SMILES string of the molecule is COc1cc(C=Nc2cccc(C)c2C)cc(I)c1O. The van der Waals surface area contributed by atoms with Gasteiger partial charge in [-0.3, -0.25) is 4.99 Å². The Balaban J connectivity index is 2.37. The minimum Gasteiger partial charge on any atom is -0.504 e. The van der Waals surface area contributed by atoms with Gasteiger partial charge in [0, 0.05) is 6.21 Å². The van der Waals surface area contributed by atoms with Crippen LogP contribution in [0, 0.1) is 17.4 Å². The smallest absolute Gasteiger partial charge is 0.171 e. The summed E-state index contributed by atoms with van der Waals surface area (Å²) in [6, 6.07) is 9.69. The summed E-state index contributed by atoms with van der Waals surface area (Å²) in [4.78, 5) is 4.52. The van der Waals surface area contributed by atoms with Crippen LogP contribution in [0.4, 0.5) is 5.69 Å². The van der Waals surface area contributed by atoms with Gasteiger partial charge in [-0.15, -0.1) is 0 Å². The molecule has 2 aromatic carbocycles. The molecule has 0 bridgehead atoms. The number of aliphatic imine (C=N–C) groups is 1. The average Bonchev–Trinajstić information content (AvgIpc) is 2.44. The van der Waals surface area contributed by atoms with Gasteiger partial charge in [0.15, 0.2) is 11.5 Å². The number of hydrogen-bond donors (Lipinski definition) is 1. The van der Waals surface area contributed by atoms with Gasteiger partial charge in [-0.25, -0.2) is 0 Å². The number of hydrogen-bond acceptors (Lipinski definition) is 3. The van der Waals surface area contributed by atoms with E-state index in [1.165, 1.54) is 18.2 Å². The quantitative estimate of drug-likeness (QED) is 0.634. The molecule has 0 spiro atoms. The predicted molar refractivity (Wildman–Crippen MR) is 90.5 cm³/mol. The fraction of sp³-hybridized carbons (Fsp3) is 0.188. The van der Waals surface area contributed by atoms with Crippen molar-refractivity contribution in [3.05, 3.63) is 50.6 Å². The monoisotopic (exact) mass is 381 g/mol. The van der Waals surface area contributed by atoms with E-state index in [9.17, 15) is 5.11 Å². The zero-order chi connectivity index (χ0) is 14.7. The van der Waals surface area contributed by atoms with E-state index in [2.05, 4.69) is 47.5 Å². The first-order valence-electron chi connectivity index (χ1n) is 6.19. The second kappa shape index (κ2) is 6.26. The molecule has 0 radical (unpaired) electrons. The number of aromatic hydroxyl groups is 1. The van der Waals surface area contributed by atoms with Crippen molar-refractivity contribution in [2.75, 3.05) is 7.11 Å². The highest BCUT2D eigenvalue weighted by molar-refractivity contribution is 14.1. The van der Waals surface area contributed by atoms with E-state index >= 15 is 0 Å². The molecule has 0 amide bonds. The van der Waals surface area contributed by atoms with E-state index in [1.54, 1.807) is 12.3 Å². The van der Waals surface area contributed by atoms with E-state index in [1.807, 2.05) is 18.2 Å². The Kier molecular flexibility index (Phi) is 4.65. The van der Waals surface area contributed by atoms with Crippen LogP contribution in [0.5, 0.6) is 11.5 Å². The molecule has 0 atom stereocenters. The Morgan fingerprint density at radius 2 is 2.00 bits per heavy atom. The fourth-order valence-electron chi connectivity index (χ4n) is 1.84. The maximum absolute atomic E-state index is 9.81. The highest BCUT2D eigenvalue weighted by Gasteiger charge is 2.07. The molecule has 0 heterocycles. The maximum Gasteiger partial charge on any atom is 0.171 e. The maximum atomic E-state index is 9.81. The number of halogens is 1. The van der Waals surface area contributed by atoms with Crippen molar-refractivity contribution in [1.29, 1.82) is 0 Å². The molecular weight excluding hydrogens is 365 g/mol. The number of phenols is 1. The lowest BCUT2D eigenvalue weighted by atomic mass is 10.1. The molecule has 2 aromatic rings. The minimum absolute atomic E-state index is 0.164. The van der Waals surface area contributed by atoms with E-state index in [-0.39, 0.29) is 5.75 Å². The molecule has 0 aliphatic carbocycles. The molecule has 1 N–H and O–H groups in total. The van der Waals surface area contributed by atoms with Gasteiger partial charge in [0.2, 0.25) is 0 Å². The van der Waals surface area contributed by atoms with Crippen molar-refractivity contribution in [2.24, 2.45) is 4.99 Å². The van der Waals surface area contributed by atoms with E-state index in [0.29, 0.717) is 5.75 Å². The predicted octanol–water partition coefficient (Wildman–Crippen LogP) is 4.37. The van der Waals surface area contributed by atoms with E-state index < -0.39 is 0 Å². The third-order valence-corrected chi connectivity index (χ3v) is 4.02. The zero-order valence-electron chi connectivity index (χ0n) is 11.6. The number of ether oxygens (including phenoxy) is 1. The summed E-state index contributed by atoms with van der Waals surface area (Å²) in [5.41, 5.74) is 4.23. The number of methoxy groups -OCH3 is 1. The van der Waals surface area contributed by atoms with Crippen LogP contribution >= 0.6 is 22.6 Å². The summed E-state index contributed by atoms with van der Waals surface area (Å²) in [6.07, 6.45) is 1.78. The summed E-state index contributed by atoms with van der Waals surface area (Å²) in [7, 11) is 1.54. The van der Waals surface area contributed by atoms with E-state index in [0.717, 1.165) is 14.8 Å². The van der Waals surface area contributed by atoms with Crippen LogP contribution < -0.4 is 4.74 Å². The van der Waals surface area contributed by atoms with Crippen LogP contribution in [0.1, 0.15) is 16.7 Å². The second-order valence-corrected chi connectivity index (χ2v) is 5.69. The molecule has 104 valence electrons. The molecule has 0 saturated carbocycles. The highest BCUT2D eigenvalue weighted by Crippen LogP contribution is 2.32. The summed E-state index contributed by atoms with van der Waals surface area (Å²) >= 11 is 2.07. The van der Waals surface area contributed by atoms with Crippen LogP contribution in [-0.4, -0.2) is 18.4 Å². The largest absolute Gasteiger partial charge is 0.504 e. The van der Waals surface area contributed by atoms with Crippen molar-refractivity contribution >= 4 is 34.5 Å². The van der Waals surface area contributed by atoms with Crippen LogP contribution in [0.15, 0.2) is 35.3 Å². The summed E-state index contributed by atoms with van der Waals surface area (Å²) in [5.74, 6) is 0.622. The third kappa shape index (κ3) is 3.12. The third-order valence-electron chi connectivity index (χ3n) is 3.20. The number of phenolic OH excluding ortho intramolecular Hbond substituents is 1. The summed E-state index contributed by atoms with van der Waals surface area (Å²) in [6.45, 7) is 4.13. The first kappa shape index (κ1) is 14.8. The van der Waals surface area contributed by atoms with Crippen LogP contribution in [-0.2, 0) is 0 Å². The van der Waals surface area contributed by atoms with Crippen molar-refractivity contribution in [3.63, 3.8) is 0 Å². The standard InChI is InChI=1S/C16H16INO2/c1-10-5-4-6-14(11(10)2)18-9-12-7-13(17)16(19)15(8-12)20-3/h4-9,19H,1-3H3. The second-order valence-electron chi connectivity index (χ2n) is 4.53. The van der Waals surface area contributed by atoms with Gasteiger partial charge in [0.05, 0.1) is 16.4 Å². The topological polar surface area (TPSA) is 41.8 Å². The molecule has 0 saturated heterocycles. The van der Waals surface area contributed by atoms with Gasteiger partial charge >= 0.3 is 0 Å². The average molecular weight is 381 g/mol. The van der Waals surface area contributed by atoms with Gasteiger partial charge in [0.1, 0.15) is 0 Å². The molecule has 3 nitrogen and oxygen atoms in total. The Hall–Kier alpha value is -1.56. The van der Waals surface area contributed by atoms with Gasteiger partial charge in [0.25, 0.3) is 0 Å². The molecule has 2 rings (SSSR count). The first-order chi connectivity index (χ1) is 9.52. The number of nitrogens with zero attached hydrogens (tertiary/aromatic N) is 1. The number of rotatable bonds is 3. The fourth-order valence-corrected chi connectivity index (χ4v) is 2.47. The minimum atomic E-state index is 0.164. The van der Waals surface area contributed by atoms with Crippen molar-refractivity contribution < 1.29 is 9.84 Å². The lowest BCUT2D eigenvalue weighted by Gasteiger charge is -2.07. The lowest BCUT2D eigenvalue weighted by Crippen LogP contribution is -1.90. The molecule has 20 heavy (non-hydrogen) atoms. The molecular formula is C16H16INO2. The van der Waals surface area contributed by atoms with Gasteiger partial charge in [-0.05, 0) is 71.3 Å². The lowest BCUT2D eigenvalue weighted by molar-refractivity contribution is 0.371. The molecule has 0 aliphatic rings. The van der Waals surface area contributed by atoms with E-state index in [4.69, 9.17) is 4.74 Å². The molecule has 0 unspecified atom stereocenters. The number of benzene rings is 2. The van der Waals surface area contributed by atoms with Crippen LogP contribution in [0.2, 0.25) is 0 Å². The molecule has 4 heteroatoms. The molecule has 0 aliphatic heterocycles. The normalized spacial score (nSPS) is 11.0. The highest BCUT2D eigenvalue weighted by atomic mass is 127.